The van der Waals surface area contributed by atoms with E-state index in [-0.39, 0.29) is 25.0 Å². The van der Waals surface area contributed by atoms with E-state index in [4.69, 9.17) is 4.74 Å². The lowest BCUT2D eigenvalue weighted by Gasteiger charge is -2.24. The SMILES string of the molecule is CCOC(=O)CCC(=O)C(O)(C(=O)OC)c1ccccc1. The van der Waals surface area contributed by atoms with Gasteiger partial charge in [0.25, 0.3) is 0 Å². The zero-order valence-corrected chi connectivity index (χ0v) is 12.0. The molecule has 1 unspecified atom stereocenters. The fourth-order valence-electron chi connectivity index (χ4n) is 1.85. The van der Waals surface area contributed by atoms with Crippen molar-refractivity contribution in [2.75, 3.05) is 13.7 Å². The quantitative estimate of drug-likeness (QED) is 0.595. The van der Waals surface area contributed by atoms with Crippen LogP contribution in [-0.2, 0) is 29.5 Å². The van der Waals surface area contributed by atoms with Gasteiger partial charge in [-0.25, -0.2) is 4.79 Å². The number of esters is 2. The fraction of sp³-hybridized carbons (Fsp3) is 0.400. The summed E-state index contributed by atoms with van der Waals surface area (Å²) < 4.78 is 9.23. The zero-order chi connectivity index (χ0) is 15.9. The van der Waals surface area contributed by atoms with Crippen LogP contribution in [0, 0.1) is 0 Å². The van der Waals surface area contributed by atoms with Crippen LogP contribution >= 0.6 is 0 Å². The summed E-state index contributed by atoms with van der Waals surface area (Å²) in [5, 5.41) is 10.5. The Bertz CT molecular complexity index is 510. The van der Waals surface area contributed by atoms with Crippen LogP contribution in [0.3, 0.4) is 0 Å². The van der Waals surface area contributed by atoms with Gasteiger partial charge in [-0.3, -0.25) is 9.59 Å². The Labute approximate surface area is 122 Å². The normalized spacial score (nSPS) is 13.1. The van der Waals surface area contributed by atoms with Crippen molar-refractivity contribution < 1.29 is 29.0 Å². The molecular weight excluding hydrogens is 276 g/mol. The first-order valence-electron chi connectivity index (χ1n) is 6.52. The van der Waals surface area contributed by atoms with Gasteiger partial charge in [0.15, 0.2) is 5.78 Å². The summed E-state index contributed by atoms with van der Waals surface area (Å²) in [6.45, 7) is 1.85. The third-order valence-electron chi connectivity index (χ3n) is 2.94. The minimum absolute atomic E-state index is 0.103. The van der Waals surface area contributed by atoms with E-state index in [0.717, 1.165) is 7.11 Å². The molecule has 0 fully saturated rings. The lowest BCUT2D eigenvalue weighted by molar-refractivity contribution is -0.170. The molecule has 0 bridgehead atoms. The number of aliphatic hydroxyl groups is 1. The highest BCUT2D eigenvalue weighted by Crippen LogP contribution is 2.26. The molecule has 0 aliphatic rings. The van der Waals surface area contributed by atoms with Crippen molar-refractivity contribution in [3.8, 4) is 0 Å². The molecule has 0 spiro atoms. The third kappa shape index (κ3) is 3.88. The molecule has 1 atom stereocenters. The summed E-state index contributed by atoms with van der Waals surface area (Å²) >= 11 is 0. The topological polar surface area (TPSA) is 89.9 Å². The summed E-state index contributed by atoms with van der Waals surface area (Å²) in [5.41, 5.74) is -2.31. The Morgan fingerprint density at radius 2 is 1.76 bits per heavy atom. The predicted molar refractivity (Wildman–Crippen MR) is 73.2 cm³/mol. The number of benzene rings is 1. The molecule has 0 aliphatic carbocycles. The molecule has 21 heavy (non-hydrogen) atoms. The summed E-state index contributed by atoms with van der Waals surface area (Å²) in [6.07, 6.45) is -0.530. The first-order valence-corrected chi connectivity index (χ1v) is 6.52. The molecule has 6 nitrogen and oxygen atoms in total. The first kappa shape index (κ1) is 16.8. The summed E-state index contributed by atoms with van der Waals surface area (Å²) in [4.78, 5) is 35.3. The van der Waals surface area contributed by atoms with E-state index in [9.17, 15) is 19.5 Å². The van der Waals surface area contributed by atoms with Crippen molar-refractivity contribution in [3.63, 3.8) is 0 Å². The molecule has 1 N–H and O–H groups in total. The fourth-order valence-corrected chi connectivity index (χ4v) is 1.85. The number of carbonyl (C=O) groups is 3. The van der Waals surface area contributed by atoms with Crippen LogP contribution in [0.25, 0.3) is 0 Å². The second kappa shape index (κ2) is 7.54. The minimum atomic E-state index is -2.41. The Kier molecular flexibility index (Phi) is 6.05. The van der Waals surface area contributed by atoms with Gasteiger partial charge in [-0.05, 0) is 6.92 Å². The average Bonchev–Trinajstić information content (AvgIpc) is 2.52. The molecule has 0 aliphatic heterocycles. The van der Waals surface area contributed by atoms with Gasteiger partial charge >= 0.3 is 11.9 Å². The molecule has 0 heterocycles. The second-order valence-corrected chi connectivity index (χ2v) is 4.30. The third-order valence-corrected chi connectivity index (χ3v) is 2.94. The molecular formula is C15H18O6. The molecule has 0 aromatic heterocycles. The average molecular weight is 294 g/mol. The van der Waals surface area contributed by atoms with Crippen LogP contribution in [-0.4, -0.2) is 36.5 Å². The van der Waals surface area contributed by atoms with Crippen LogP contribution in [0.15, 0.2) is 30.3 Å². The first-order chi connectivity index (χ1) is 9.96. The number of carbonyl (C=O) groups excluding carboxylic acids is 3. The second-order valence-electron chi connectivity index (χ2n) is 4.30. The van der Waals surface area contributed by atoms with E-state index in [1.54, 1.807) is 25.1 Å². The predicted octanol–water partition coefficient (Wildman–Crippen LogP) is 0.960. The van der Waals surface area contributed by atoms with Crippen LogP contribution in [0.5, 0.6) is 0 Å². The van der Waals surface area contributed by atoms with Gasteiger partial charge in [-0.1, -0.05) is 30.3 Å². The minimum Gasteiger partial charge on any atom is -0.466 e. The standard InChI is InChI=1S/C15H18O6/c1-3-21-13(17)10-9-12(16)15(19,14(18)20-2)11-7-5-4-6-8-11/h4-8,19H,3,9-10H2,1-2H3. The van der Waals surface area contributed by atoms with E-state index < -0.39 is 23.3 Å². The molecule has 1 aromatic rings. The Balaban J connectivity index is 2.96. The van der Waals surface area contributed by atoms with Gasteiger partial charge < -0.3 is 14.6 Å². The Morgan fingerprint density at radius 1 is 1.14 bits per heavy atom. The van der Waals surface area contributed by atoms with Crippen molar-refractivity contribution in [1.29, 1.82) is 0 Å². The molecule has 1 aromatic carbocycles. The van der Waals surface area contributed by atoms with Crippen LogP contribution in [0.2, 0.25) is 0 Å². The number of methoxy groups -OCH3 is 1. The van der Waals surface area contributed by atoms with Crippen molar-refractivity contribution in [2.24, 2.45) is 0 Å². The highest BCUT2D eigenvalue weighted by Gasteiger charge is 2.46. The van der Waals surface area contributed by atoms with Crippen molar-refractivity contribution in [3.05, 3.63) is 35.9 Å². The zero-order valence-electron chi connectivity index (χ0n) is 12.0. The van der Waals surface area contributed by atoms with Crippen LogP contribution in [0.4, 0.5) is 0 Å². The molecule has 0 saturated heterocycles. The van der Waals surface area contributed by atoms with Crippen molar-refractivity contribution in [1.82, 2.24) is 0 Å². The number of Topliss-reactive ketones (excluding diaryl/α,β-unsaturated/α-hetero) is 1. The summed E-state index contributed by atoms with van der Waals surface area (Å²) in [7, 11) is 1.08. The molecule has 0 amide bonds. The number of ether oxygens (including phenoxy) is 2. The summed E-state index contributed by atoms with van der Waals surface area (Å²) in [6, 6.07) is 7.74. The molecule has 114 valence electrons. The highest BCUT2D eigenvalue weighted by atomic mass is 16.5. The Hall–Kier alpha value is -2.21. The number of ketones is 1. The monoisotopic (exact) mass is 294 g/mol. The lowest BCUT2D eigenvalue weighted by Crippen LogP contribution is -2.44. The molecule has 0 saturated carbocycles. The largest absolute Gasteiger partial charge is 0.466 e. The maximum absolute atomic E-state index is 12.2. The van der Waals surface area contributed by atoms with Crippen LogP contribution in [0.1, 0.15) is 25.3 Å². The van der Waals surface area contributed by atoms with Crippen molar-refractivity contribution in [2.45, 2.75) is 25.4 Å². The highest BCUT2D eigenvalue weighted by molar-refractivity contribution is 6.08. The van der Waals surface area contributed by atoms with Gasteiger partial charge in [0.1, 0.15) is 0 Å². The van der Waals surface area contributed by atoms with E-state index >= 15 is 0 Å². The van der Waals surface area contributed by atoms with Gasteiger partial charge in [0, 0.05) is 12.0 Å². The molecule has 6 heteroatoms. The summed E-state index contributed by atoms with van der Waals surface area (Å²) in [5.74, 6) is -2.46. The van der Waals surface area contributed by atoms with Gasteiger partial charge in [-0.15, -0.1) is 0 Å². The van der Waals surface area contributed by atoms with E-state index in [2.05, 4.69) is 4.74 Å². The lowest BCUT2D eigenvalue weighted by atomic mass is 9.87. The van der Waals surface area contributed by atoms with Gasteiger partial charge in [0.05, 0.1) is 20.1 Å². The van der Waals surface area contributed by atoms with E-state index in [1.807, 2.05) is 0 Å². The Morgan fingerprint density at radius 3 is 2.29 bits per heavy atom. The smallest absolute Gasteiger partial charge is 0.350 e. The molecule has 0 radical (unpaired) electrons. The van der Waals surface area contributed by atoms with E-state index in [1.165, 1.54) is 12.1 Å². The maximum atomic E-state index is 12.2. The van der Waals surface area contributed by atoms with E-state index in [0.29, 0.717) is 0 Å². The van der Waals surface area contributed by atoms with Gasteiger partial charge in [-0.2, -0.15) is 0 Å². The van der Waals surface area contributed by atoms with Crippen LogP contribution < -0.4 is 0 Å². The number of rotatable bonds is 7. The maximum Gasteiger partial charge on any atom is 0.350 e. The number of hydrogen-bond acceptors (Lipinski definition) is 6. The van der Waals surface area contributed by atoms with Gasteiger partial charge in [0.2, 0.25) is 5.60 Å². The van der Waals surface area contributed by atoms with Crippen molar-refractivity contribution >= 4 is 17.7 Å². The molecule has 1 rings (SSSR count). The number of hydrogen-bond donors (Lipinski definition) is 1.